The van der Waals surface area contributed by atoms with Crippen molar-refractivity contribution in [3.63, 3.8) is 0 Å². The van der Waals surface area contributed by atoms with Gasteiger partial charge in [0.1, 0.15) is 5.75 Å². The van der Waals surface area contributed by atoms with Gasteiger partial charge in [-0.25, -0.2) is 4.79 Å². The second kappa shape index (κ2) is 10.5. The lowest BCUT2D eigenvalue weighted by molar-refractivity contribution is -0.121. The van der Waals surface area contributed by atoms with Crippen molar-refractivity contribution in [2.24, 2.45) is 0 Å². The van der Waals surface area contributed by atoms with E-state index < -0.39 is 0 Å². The van der Waals surface area contributed by atoms with Crippen LogP contribution in [0.4, 0.5) is 10.5 Å². The monoisotopic (exact) mass is 363 g/mol. The fourth-order valence-corrected chi connectivity index (χ4v) is 2.93. The number of hydrogen-bond acceptors (Lipinski definition) is 5. The quantitative estimate of drug-likeness (QED) is 0.742. The second-order valence-electron chi connectivity index (χ2n) is 6.13. The molecular formula is C19H29N3O4. The van der Waals surface area contributed by atoms with Crippen LogP contribution in [0.3, 0.4) is 0 Å². The van der Waals surface area contributed by atoms with E-state index in [4.69, 9.17) is 9.47 Å². The number of carbonyl (C=O) groups excluding carboxylic acids is 2. The van der Waals surface area contributed by atoms with Gasteiger partial charge in [0, 0.05) is 32.1 Å². The number of benzene rings is 1. The smallest absolute Gasteiger partial charge is 0.409 e. The van der Waals surface area contributed by atoms with Crippen LogP contribution < -0.4 is 15.4 Å². The van der Waals surface area contributed by atoms with Crippen molar-refractivity contribution in [1.82, 2.24) is 10.2 Å². The summed E-state index contributed by atoms with van der Waals surface area (Å²) in [6.45, 7) is 6.49. The predicted molar refractivity (Wildman–Crippen MR) is 100 cm³/mol. The largest absolute Gasteiger partial charge is 0.492 e. The summed E-state index contributed by atoms with van der Waals surface area (Å²) in [5.41, 5.74) is 0.893. The molecule has 7 heteroatoms. The van der Waals surface area contributed by atoms with Gasteiger partial charge in [-0.1, -0.05) is 12.1 Å². The van der Waals surface area contributed by atoms with Crippen molar-refractivity contribution in [2.45, 2.75) is 39.2 Å². The Morgan fingerprint density at radius 3 is 2.58 bits per heavy atom. The summed E-state index contributed by atoms with van der Waals surface area (Å²) < 4.78 is 10.6. The van der Waals surface area contributed by atoms with Gasteiger partial charge in [-0.2, -0.15) is 0 Å². The molecule has 1 aromatic rings. The van der Waals surface area contributed by atoms with E-state index in [2.05, 4.69) is 10.6 Å². The molecule has 1 fully saturated rings. The number of likely N-dealkylation sites (tertiary alicyclic amines) is 1. The second-order valence-corrected chi connectivity index (χ2v) is 6.13. The van der Waals surface area contributed by atoms with Gasteiger partial charge in [-0.15, -0.1) is 0 Å². The summed E-state index contributed by atoms with van der Waals surface area (Å²) in [6, 6.07) is 7.81. The van der Waals surface area contributed by atoms with E-state index in [1.165, 1.54) is 0 Å². The standard InChI is InChI=1S/C19H29N3O4/c1-3-25-17-8-6-5-7-16(17)20-12-9-18(23)21-15-10-13-22(14-11-15)19(24)26-4-2/h5-8,15,20H,3-4,9-14H2,1-2H3,(H,21,23). The van der Waals surface area contributed by atoms with Crippen LogP contribution in [0.15, 0.2) is 24.3 Å². The molecule has 0 bridgehead atoms. The van der Waals surface area contributed by atoms with Crippen LogP contribution in [0.5, 0.6) is 5.75 Å². The minimum absolute atomic E-state index is 0.0148. The van der Waals surface area contributed by atoms with Gasteiger partial charge in [0.05, 0.1) is 18.9 Å². The molecular weight excluding hydrogens is 334 g/mol. The molecule has 1 aliphatic heterocycles. The zero-order valence-electron chi connectivity index (χ0n) is 15.6. The van der Waals surface area contributed by atoms with E-state index in [0.717, 1.165) is 24.3 Å². The molecule has 7 nitrogen and oxygen atoms in total. The van der Waals surface area contributed by atoms with Crippen LogP contribution in [0.2, 0.25) is 0 Å². The van der Waals surface area contributed by atoms with E-state index in [9.17, 15) is 9.59 Å². The molecule has 1 saturated heterocycles. The lowest BCUT2D eigenvalue weighted by Crippen LogP contribution is -2.46. The van der Waals surface area contributed by atoms with Gasteiger partial charge in [-0.05, 0) is 38.8 Å². The Morgan fingerprint density at radius 1 is 1.15 bits per heavy atom. The summed E-state index contributed by atoms with van der Waals surface area (Å²) >= 11 is 0. The summed E-state index contributed by atoms with van der Waals surface area (Å²) in [4.78, 5) is 25.5. The third-order valence-corrected chi connectivity index (χ3v) is 4.24. The van der Waals surface area contributed by atoms with E-state index in [-0.39, 0.29) is 18.0 Å². The number of carbonyl (C=O) groups is 2. The van der Waals surface area contributed by atoms with Gasteiger partial charge >= 0.3 is 6.09 Å². The lowest BCUT2D eigenvalue weighted by Gasteiger charge is -2.31. The first kappa shape index (κ1) is 19.9. The molecule has 0 aromatic heterocycles. The number of nitrogens with one attached hydrogen (secondary N) is 2. The van der Waals surface area contributed by atoms with Crippen LogP contribution in [0, 0.1) is 0 Å². The molecule has 2 N–H and O–H groups in total. The number of rotatable bonds is 8. The lowest BCUT2D eigenvalue weighted by atomic mass is 10.1. The highest BCUT2D eigenvalue weighted by Crippen LogP contribution is 2.23. The fourth-order valence-electron chi connectivity index (χ4n) is 2.93. The van der Waals surface area contributed by atoms with E-state index in [1.54, 1.807) is 11.8 Å². The number of nitrogens with zero attached hydrogens (tertiary/aromatic N) is 1. The van der Waals surface area contributed by atoms with E-state index >= 15 is 0 Å². The maximum absolute atomic E-state index is 12.1. The Labute approximate surface area is 155 Å². The number of piperidine rings is 1. The average molecular weight is 363 g/mol. The third-order valence-electron chi connectivity index (χ3n) is 4.24. The first-order valence-electron chi connectivity index (χ1n) is 9.30. The molecule has 1 aliphatic rings. The molecule has 0 aliphatic carbocycles. The molecule has 144 valence electrons. The first-order valence-corrected chi connectivity index (χ1v) is 9.30. The van der Waals surface area contributed by atoms with Gasteiger partial charge in [0.2, 0.25) is 5.91 Å². The van der Waals surface area contributed by atoms with E-state index in [0.29, 0.717) is 39.3 Å². The van der Waals surface area contributed by atoms with Crippen molar-refractivity contribution >= 4 is 17.7 Å². The summed E-state index contributed by atoms with van der Waals surface area (Å²) in [5.74, 6) is 0.808. The molecule has 0 atom stereocenters. The summed E-state index contributed by atoms with van der Waals surface area (Å²) in [6.07, 6.45) is 1.63. The molecule has 26 heavy (non-hydrogen) atoms. The van der Waals surface area contributed by atoms with Crippen molar-refractivity contribution < 1.29 is 19.1 Å². The summed E-state index contributed by atoms with van der Waals surface area (Å²) in [7, 11) is 0. The number of hydrogen-bond donors (Lipinski definition) is 2. The number of amides is 2. The van der Waals surface area contributed by atoms with Gasteiger partial charge in [-0.3, -0.25) is 4.79 Å². The minimum atomic E-state index is -0.269. The molecule has 0 saturated carbocycles. The molecule has 2 rings (SSSR count). The number of ether oxygens (including phenoxy) is 2. The van der Waals surface area contributed by atoms with Crippen LogP contribution in [0.25, 0.3) is 0 Å². The maximum Gasteiger partial charge on any atom is 0.409 e. The number of para-hydroxylation sites is 2. The fraction of sp³-hybridized carbons (Fsp3) is 0.579. The zero-order chi connectivity index (χ0) is 18.8. The van der Waals surface area contributed by atoms with Crippen molar-refractivity contribution in [1.29, 1.82) is 0 Å². The van der Waals surface area contributed by atoms with Crippen LogP contribution in [-0.4, -0.2) is 55.8 Å². The average Bonchev–Trinajstić information content (AvgIpc) is 2.64. The SMILES string of the molecule is CCOC(=O)N1CCC(NC(=O)CCNc2ccccc2OCC)CC1. The molecule has 0 unspecified atom stereocenters. The molecule has 1 heterocycles. The Bertz CT molecular complexity index is 586. The van der Waals surface area contributed by atoms with Crippen molar-refractivity contribution in [3.8, 4) is 5.75 Å². The Balaban J connectivity index is 1.68. The molecule has 1 aromatic carbocycles. The third kappa shape index (κ3) is 6.13. The molecule has 0 radical (unpaired) electrons. The Hall–Kier alpha value is -2.44. The zero-order valence-corrected chi connectivity index (χ0v) is 15.6. The van der Waals surface area contributed by atoms with Gasteiger partial charge < -0.3 is 25.0 Å². The van der Waals surface area contributed by atoms with Crippen LogP contribution in [-0.2, 0) is 9.53 Å². The summed E-state index contributed by atoms with van der Waals surface area (Å²) in [5, 5.41) is 6.29. The van der Waals surface area contributed by atoms with Crippen molar-refractivity contribution in [3.05, 3.63) is 24.3 Å². The number of anilines is 1. The van der Waals surface area contributed by atoms with E-state index in [1.807, 2.05) is 31.2 Å². The Kier molecular flexibility index (Phi) is 8.05. The highest BCUT2D eigenvalue weighted by molar-refractivity contribution is 5.77. The maximum atomic E-state index is 12.1. The van der Waals surface area contributed by atoms with Gasteiger partial charge in [0.25, 0.3) is 0 Å². The molecule has 2 amide bonds. The highest BCUT2D eigenvalue weighted by Gasteiger charge is 2.24. The van der Waals surface area contributed by atoms with Crippen LogP contribution in [0.1, 0.15) is 33.1 Å². The minimum Gasteiger partial charge on any atom is -0.492 e. The first-order chi connectivity index (χ1) is 12.6. The predicted octanol–water partition coefficient (Wildman–Crippen LogP) is 2.62. The van der Waals surface area contributed by atoms with Gasteiger partial charge in [0.15, 0.2) is 0 Å². The molecule has 0 spiro atoms. The van der Waals surface area contributed by atoms with Crippen LogP contribution >= 0.6 is 0 Å². The normalized spacial score (nSPS) is 14.6. The Morgan fingerprint density at radius 2 is 1.88 bits per heavy atom. The van der Waals surface area contributed by atoms with Crippen molar-refractivity contribution in [2.75, 3.05) is 38.2 Å². The topological polar surface area (TPSA) is 79.9 Å². The highest BCUT2D eigenvalue weighted by atomic mass is 16.6.